The van der Waals surface area contributed by atoms with Gasteiger partial charge in [0.05, 0.1) is 15.1 Å². The number of benzene rings is 2. The zero-order valence-electron chi connectivity index (χ0n) is 15.6. The average Bonchev–Trinajstić information content (AvgIpc) is 2.94. The molecule has 1 aromatic heterocycles. The molecule has 0 atom stereocenters. The Hall–Kier alpha value is -1.96. The molecule has 0 aliphatic rings. The highest BCUT2D eigenvalue weighted by molar-refractivity contribution is 7.89. The lowest BCUT2D eigenvalue weighted by molar-refractivity contribution is 0.579. The Labute approximate surface area is 163 Å². The van der Waals surface area contributed by atoms with Crippen LogP contribution in [0, 0.1) is 6.92 Å². The Bertz CT molecular complexity index is 1100. The molecule has 1 N–H and O–H groups in total. The number of hydrogen-bond acceptors (Lipinski definition) is 4. The van der Waals surface area contributed by atoms with Crippen LogP contribution in [-0.4, -0.2) is 19.5 Å². The summed E-state index contributed by atoms with van der Waals surface area (Å²) in [4.78, 5) is 12.2. The molecule has 7 heteroatoms. The lowest BCUT2D eigenvalue weighted by Gasteiger charge is -2.08. The van der Waals surface area contributed by atoms with Gasteiger partial charge < -0.3 is 0 Å². The van der Waals surface area contributed by atoms with Crippen molar-refractivity contribution in [2.75, 3.05) is 6.54 Å². The molecule has 3 rings (SSSR count). The predicted molar refractivity (Wildman–Crippen MR) is 111 cm³/mol. The molecule has 0 saturated carbocycles. The van der Waals surface area contributed by atoms with Gasteiger partial charge in [0.1, 0.15) is 0 Å². The van der Waals surface area contributed by atoms with Gasteiger partial charge in [0.25, 0.3) is 0 Å². The van der Waals surface area contributed by atoms with Gasteiger partial charge in [-0.25, -0.2) is 13.1 Å². The third-order valence-electron chi connectivity index (χ3n) is 4.41. The number of nitrogens with zero attached hydrogens (tertiary/aromatic N) is 1. The van der Waals surface area contributed by atoms with Crippen molar-refractivity contribution < 1.29 is 8.42 Å². The van der Waals surface area contributed by atoms with Gasteiger partial charge in [-0.2, -0.15) is 0 Å². The summed E-state index contributed by atoms with van der Waals surface area (Å²) in [6, 6.07) is 13.1. The van der Waals surface area contributed by atoms with E-state index in [0.29, 0.717) is 17.8 Å². The van der Waals surface area contributed by atoms with Gasteiger partial charge in [0, 0.05) is 13.1 Å². The van der Waals surface area contributed by atoms with Crippen molar-refractivity contribution in [3.8, 4) is 0 Å². The molecular weight excluding hydrogens is 380 g/mol. The topological polar surface area (TPSA) is 68.2 Å². The highest BCUT2D eigenvalue weighted by atomic mass is 32.2. The van der Waals surface area contributed by atoms with Gasteiger partial charge in [0.2, 0.25) is 10.0 Å². The van der Waals surface area contributed by atoms with E-state index in [9.17, 15) is 13.2 Å². The van der Waals surface area contributed by atoms with Gasteiger partial charge >= 0.3 is 4.87 Å². The van der Waals surface area contributed by atoms with E-state index in [-0.39, 0.29) is 9.77 Å². The van der Waals surface area contributed by atoms with Crippen molar-refractivity contribution in [2.45, 2.75) is 44.6 Å². The summed E-state index contributed by atoms with van der Waals surface area (Å²) >= 11 is 1.09. The van der Waals surface area contributed by atoms with Crippen molar-refractivity contribution in [1.82, 2.24) is 9.29 Å². The van der Waals surface area contributed by atoms with Crippen LogP contribution in [-0.2, 0) is 23.0 Å². The molecule has 0 amide bonds. The zero-order valence-corrected chi connectivity index (χ0v) is 17.2. The summed E-state index contributed by atoms with van der Waals surface area (Å²) in [5.41, 5.74) is 3.21. The van der Waals surface area contributed by atoms with Gasteiger partial charge in [-0.1, -0.05) is 48.1 Å². The van der Waals surface area contributed by atoms with E-state index in [1.807, 2.05) is 26.0 Å². The molecule has 0 bridgehead atoms. The summed E-state index contributed by atoms with van der Waals surface area (Å²) in [6.07, 6.45) is 2.41. The van der Waals surface area contributed by atoms with Crippen molar-refractivity contribution in [3.63, 3.8) is 0 Å². The minimum atomic E-state index is -3.58. The molecule has 144 valence electrons. The molecule has 0 fully saturated rings. The Kier molecular flexibility index (Phi) is 6.14. The van der Waals surface area contributed by atoms with Crippen molar-refractivity contribution in [3.05, 3.63) is 63.3 Å². The number of nitrogens with one attached hydrogen (secondary N) is 1. The number of sulfonamides is 1. The molecule has 0 saturated heterocycles. The van der Waals surface area contributed by atoms with Crippen molar-refractivity contribution >= 4 is 31.6 Å². The first-order valence-corrected chi connectivity index (χ1v) is 11.4. The van der Waals surface area contributed by atoms with Crippen LogP contribution < -0.4 is 9.60 Å². The average molecular weight is 405 g/mol. The second kappa shape index (κ2) is 8.37. The van der Waals surface area contributed by atoms with Crippen LogP contribution in [0.3, 0.4) is 0 Å². The molecule has 0 unspecified atom stereocenters. The Balaban J connectivity index is 1.68. The molecular formula is C20H24N2O3S2. The third-order valence-corrected chi connectivity index (χ3v) is 6.81. The van der Waals surface area contributed by atoms with E-state index in [4.69, 9.17) is 0 Å². The Morgan fingerprint density at radius 2 is 1.96 bits per heavy atom. The fourth-order valence-corrected chi connectivity index (χ4v) is 5.23. The van der Waals surface area contributed by atoms with E-state index < -0.39 is 10.0 Å². The number of hydrogen-bond donors (Lipinski definition) is 1. The molecule has 1 heterocycles. The van der Waals surface area contributed by atoms with Crippen molar-refractivity contribution in [2.24, 2.45) is 0 Å². The van der Waals surface area contributed by atoms with Gasteiger partial charge in [-0.15, -0.1) is 0 Å². The maximum absolute atomic E-state index is 12.6. The van der Waals surface area contributed by atoms with Crippen LogP contribution in [0.4, 0.5) is 0 Å². The molecule has 27 heavy (non-hydrogen) atoms. The summed E-state index contributed by atoms with van der Waals surface area (Å²) in [5, 5.41) is 0. The standard InChI is InChI=1S/C20H24N2O3S2/c1-3-12-22-18-10-9-17(14-19(18)26-20(22)23)27(24,25)21-11-5-8-16-7-4-6-15(2)13-16/h4,6-7,9-10,13-14,21H,3,5,8,11-12H2,1-2H3. The summed E-state index contributed by atoms with van der Waals surface area (Å²) in [5.74, 6) is 0. The van der Waals surface area contributed by atoms with Crippen LogP contribution in [0.25, 0.3) is 10.2 Å². The second-order valence-electron chi connectivity index (χ2n) is 6.64. The molecule has 0 aliphatic heterocycles. The number of aromatic nitrogens is 1. The number of thiazole rings is 1. The zero-order chi connectivity index (χ0) is 19.4. The van der Waals surface area contributed by atoms with E-state index in [1.165, 1.54) is 11.1 Å². The number of fused-ring (bicyclic) bond motifs is 1. The molecule has 5 nitrogen and oxygen atoms in total. The van der Waals surface area contributed by atoms with Crippen LogP contribution in [0.1, 0.15) is 30.9 Å². The Morgan fingerprint density at radius 3 is 2.70 bits per heavy atom. The van der Waals surface area contributed by atoms with Crippen LogP contribution in [0.15, 0.2) is 52.2 Å². The smallest absolute Gasteiger partial charge is 0.299 e. The molecule has 0 spiro atoms. The predicted octanol–water partition coefficient (Wildman–Crippen LogP) is 3.69. The van der Waals surface area contributed by atoms with Crippen LogP contribution in [0.2, 0.25) is 0 Å². The van der Waals surface area contributed by atoms with Gasteiger partial charge in [-0.3, -0.25) is 9.36 Å². The van der Waals surface area contributed by atoms with E-state index in [2.05, 4.69) is 16.9 Å². The number of aryl methyl sites for hydroxylation is 3. The maximum Gasteiger partial charge on any atom is 0.308 e. The third kappa shape index (κ3) is 4.66. The normalized spacial score (nSPS) is 11.9. The maximum atomic E-state index is 12.6. The fourth-order valence-electron chi connectivity index (χ4n) is 3.10. The van der Waals surface area contributed by atoms with E-state index in [0.717, 1.165) is 36.1 Å². The van der Waals surface area contributed by atoms with E-state index in [1.54, 1.807) is 22.8 Å². The first-order valence-electron chi connectivity index (χ1n) is 9.09. The summed E-state index contributed by atoms with van der Waals surface area (Å²) in [6.45, 7) is 5.07. The molecule has 0 aliphatic carbocycles. The highest BCUT2D eigenvalue weighted by Gasteiger charge is 2.16. The van der Waals surface area contributed by atoms with Crippen LogP contribution >= 0.6 is 11.3 Å². The quantitative estimate of drug-likeness (QED) is 0.582. The minimum Gasteiger partial charge on any atom is -0.299 e. The summed E-state index contributed by atoms with van der Waals surface area (Å²) < 4.78 is 30.2. The van der Waals surface area contributed by atoms with Crippen molar-refractivity contribution in [1.29, 1.82) is 0 Å². The fraction of sp³-hybridized carbons (Fsp3) is 0.350. The Morgan fingerprint density at radius 1 is 1.15 bits per heavy atom. The SMILES string of the molecule is CCCn1c(=O)sc2cc(S(=O)(=O)NCCCc3cccc(C)c3)ccc21. The van der Waals surface area contributed by atoms with Crippen LogP contribution in [0.5, 0.6) is 0 Å². The monoisotopic (exact) mass is 404 g/mol. The van der Waals surface area contributed by atoms with Gasteiger partial charge in [-0.05, 0) is 49.9 Å². The highest BCUT2D eigenvalue weighted by Crippen LogP contribution is 2.22. The lowest BCUT2D eigenvalue weighted by atomic mass is 10.1. The molecule has 3 aromatic rings. The lowest BCUT2D eigenvalue weighted by Crippen LogP contribution is -2.25. The second-order valence-corrected chi connectivity index (χ2v) is 9.40. The number of rotatable bonds is 8. The minimum absolute atomic E-state index is 0.0486. The first-order chi connectivity index (χ1) is 12.9. The first kappa shape index (κ1) is 19.8. The van der Waals surface area contributed by atoms with E-state index >= 15 is 0 Å². The molecule has 2 aromatic carbocycles. The molecule has 0 radical (unpaired) electrons. The largest absolute Gasteiger partial charge is 0.308 e. The van der Waals surface area contributed by atoms with Gasteiger partial charge in [0.15, 0.2) is 0 Å². The summed E-state index contributed by atoms with van der Waals surface area (Å²) in [7, 11) is -3.58.